The molecule has 5 rings (SSSR count). The van der Waals surface area contributed by atoms with Gasteiger partial charge in [0.2, 0.25) is 0 Å². The minimum absolute atomic E-state index is 0.595. The van der Waals surface area contributed by atoms with Gasteiger partial charge in [-0.1, -0.05) is 15.9 Å². The fourth-order valence-corrected chi connectivity index (χ4v) is 8.33. The highest BCUT2D eigenvalue weighted by atomic mass is 79.9. The molecule has 4 bridgehead atoms. The zero-order valence-electron chi connectivity index (χ0n) is 12.6. The summed E-state index contributed by atoms with van der Waals surface area (Å²) in [6.45, 7) is 4.53. The Morgan fingerprint density at radius 1 is 1.15 bits per heavy atom. The second-order valence-corrected chi connectivity index (χ2v) is 10.4. The summed E-state index contributed by atoms with van der Waals surface area (Å²) in [5, 5.41) is 0. The molecule has 0 spiro atoms. The molecule has 0 aliphatic heterocycles. The minimum Gasteiger partial charge on any atom is -0.144 e. The van der Waals surface area contributed by atoms with Crippen LogP contribution in [0.3, 0.4) is 0 Å². The van der Waals surface area contributed by atoms with Crippen molar-refractivity contribution in [3.8, 4) is 0 Å². The van der Waals surface area contributed by atoms with E-state index in [2.05, 4.69) is 35.8 Å². The Hall–Kier alpha value is 0.180. The summed E-state index contributed by atoms with van der Waals surface area (Å²) in [7, 11) is 0. The number of halogens is 1. The van der Waals surface area contributed by atoms with Crippen LogP contribution in [0.25, 0.3) is 0 Å². The van der Waals surface area contributed by atoms with Crippen LogP contribution in [-0.4, -0.2) is 0 Å². The third-order valence-corrected chi connectivity index (χ3v) is 8.49. The second kappa shape index (κ2) is 4.84. The quantitative estimate of drug-likeness (QED) is 0.551. The van der Waals surface area contributed by atoms with Crippen LogP contribution in [0.4, 0.5) is 0 Å². The van der Waals surface area contributed by atoms with Crippen molar-refractivity contribution >= 4 is 27.3 Å². The summed E-state index contributed by atoms with van der Waals surface area (Å²) in [6, 6.07) is 2.36. The van der Waals surface area contributed by atoms with E-state index >= 15 is 0 Å². The molecule has 20 heavy (non-hydrogen) atoms. The standard InChI is InChI=1S/C18H25BrS/c1-11-3-12(2)20-17(11)16(19)10-18-7-13-4-14(8-18)6-15(5-13)9-18/h3,13-16H,4-10H2,1-2H3. The molecule has 0 saturated heterocycles. The largest absolute Gasteiger partial charge is 0.144 e. The molecular weight excluding hydrogens is 328 g/mol. The molecule has 2 heteroatoms. The summed E-state index contributed by atoms with van der Waals surface area (Å²) >= 11 is 6.06. The van der Waals surface area contributed by atoms with Crippen molar-refractivity contribution in [1.29, 1.82) is 0 Å². The maximum absolute atomic E-state index is 4.05. The summed E-state index contributed by atoms with van der Waals surface area (Å²) in [6.07, 6.45) is 10.7. The van der Waals surface area contributed by atoms with Crippen molar-refractivity contribution < 1.29 is 0 Å². The van der Waals surface area contributed by atoms with Crippen molar-refractivity contribution in [2.75, 3.05) is 0 Å². The van der Waals surface area contributed by atoms with Gasteiger partial charge in [0, 0.05) is 14.6 Å². The monoisotopic (exact) mass is 352 g/mol. The lowest BCUT2D eigenvalue weighted by atomic mass is 9.48. The van der Waals surface area contributed by atoms with E-state index < -0.39 is 0 Å². The van der Waals surface area contributed by atoms with E-state index in [0.717, 1.165) is 17.8 Å². The van der Waals surface area contributed by atoms with Crippen LogP contribution < -0.4 is 0 Å². The van der Waals surface area contributed by atoms with Gasteiger partial charge in [0.25, 0.3) is 0 Å². The highest BCUT2D eigenvalue weighted by Crippen LogP contribution is 2.63. The summed E-state index contributed by atoms with van der Waals surface area (Å²) in [4.78, 5) is 3.66. The van der Waals surface area contributed by atoms with Crippen molar-refractivity contribution in [3.05, 3.63) is 21.4 Å². The highest BCUT2D eigenvalue weighted by Gasteiger charge is 2.51. The Balaban J connectivity index is 1.55. The third kappa shape index (κ3) is 2.31. The van der Waals surface area contributed by atoms with E-state index in [9.17, 15) is 0 Å². The van der Waals surface area contributed by atoms with E-state index in [0.29, 0.717) is 10.2 Å². The van der Waals surface area contributed by atoms with Crippen molar-refractivity contribution in [1.82, 2.24) is 0 Å². The zero-order chi connectivity index (χ0) is 13.9. The SMILES string of the molecule is Cc1cc(C)c(C(Br)CC23CC4CC(CC(C4)C2)C3)s1. The number of hydrogen-bond donors (Lipinski definition) is 0. The number of alkyl halides is 1. The number of aryl methyl sites for hydroxylation is 2. The smallest absolute Gasteiger partial charge is 0.0497 e. The fourth-order valence-electron chi connectivity index (χ4n) is 5.98. The first-order valence-electron chi connectivity index (χ1n) is 8.24. The molecule has 1 heterocycles. The van der Waals surface area contributed by atoms with Crippen molar-refractivity contribution in [3.63, 3.8) is 0 Å². The van der Waals surface area contributed by atoms with Crippen LogP contribution in [0, 0.1) is 37.0 Å². The minimum atomic E-state index is 0.595. The Kier molecular flexibility index (Phi) is 3.35. The number of hydrogen-bond acceptors (Lipinski definition) is 1. The van der Waals surface area contributed by atoms with Gasteiger partial charge in [0.1, 0.15) is 0 Å². The zero-order valence-corrected chi connectivity index (χ0v) is 15.0. The molecule has 4 aliphatic carbocycles. The predicted octanol–water partition coefficient (Wildman–Crippen LogP) is 6.41. The summed E-state index contributed by atoms with van der Waals surface area (Å²) in [5.41, 5.74) is 2.19. The highest BCUT2D eigenvalue weighted by molar-refractivity contribution is 9.09. The van der Waals surface area contributed by atoms with E-state index in [1.807, 2.05) is 11.3 Å². The van der Waals surface area contributed by atoms with Gasteiger partial charge in [-0.25, -0.2) is 0 Å². The van der Waals surface area contributed by atoms with Crippen molar-refractivity contribution in [2.45, 2.75) is 63.6 Å². The average Bonchev–Trinajstić information content (AvgIpc) is 2.66. The lowest BCUT2D eigenvalue weighted by Gasteiger charge is -2.57. The Morgan fingerprint density at radius 3 is 2.15 bits per heavy atom. The molecule has 0 nitrogen and oxygen atoms in total. The molecular formula is C18H25BrS. The van der Waals surface area contributed by atoms with Crippen LogP contribution >= 0.6 is 27.3 Å². The lowest BCUT2D eigenvalue weighted by Crippen LogP contribution is -2.46. The first-order valence-corrected chi connectivity index (χ1v) is 9.97. The molecule has 1 aromatic rings. The van der Waals surface area contributed by atoms with Crippen LogP contribution in [0.1, 0.15) is 65.1 Å². The third-order valence-electron chi connectivity index (χ3n) is 6.14. The normalized spacial score (nSPS) is 40.2. The van der Waals surface area contributed by atoms with Crippen LogP contribution in [0.15, 0.2) is 6.07 Å². The summed E-state index contributed by atoms with van der Waals surface area (Å²) < 4.78 is 0. The molecule has 4 aliphatic rings. The molecule has 0 radical (unpaired) electrons. The first kappa shape index (κ1) is 13.8. The van der Waals surface area contributed by atoms with Gasteiger partial charge in [-0.2, -0.15) is 0 Å². The fraction of sp³-hybridized carbons (Fsp3) is 0.778. The number of rotatable bonds is 3. The average molecular weight is 353 g/mol. The van der Waals surface area contributed by atoms with Gasteiger partial charge in [0.05, 0.1) is 0 Å². The number of thiophene rings is 1. The molecule has 1 aromatic heterocycles. The maximum Gasteiger partial charge on any atom is 0.0497 e. The molecule has 0 amide bonds. The maximum atomic E-state index is 4.05. The van der Waals surface area contributed by atoms with Gasteiger partial charge in [-0.05, 0) is 93.6 Å². The van der Waals surface area contributed by atoms with E-state index in [-0.39, 0.29) is 0 Å². The molecule has 0 aromatic carbocycles. The summed E-state index contributed by atoms with van der Waals surface area (Å²) in [5.74, 6) is 3.23. The Labute approximate surface area is 135 Å². The van der Waals surface area contributed by atoms with E-state index in [1.165, 1.54) is 36.1 Å². The topological polar surface area (TPSA) is 0 Å². The van der Waals surface area contributed by atoms with Gasteiger partial charge >= 0.3 is 0 Å². The van der Waals surface area contributed by atoms with Gasteiger partial charge < -0.3 is 0 Å². The van der Waals surface area contributed by atoms with Crippen LogP contribution in [0.5, 0.6) is 0 Å². The molecule has 1 unspecified atom stereocenters. The van der Waals surface area contributed by atoms with Crippen molar-refractivity contribution in [2.24, 2.45) is 23.2 Å². The second-order valence-electron chi connectivity index (χ2n) is 7.99. The van der Waals surface area contributed by atoms with Crippen LogP contribution in [0.2, 0.25) is 0 Å². The molecule has 4 saturated carbocycles. The lowest BCUT2D eigenvalue weighted by molar-refractivity contribution is -0.0570. The molecule has 110 valence electrons. The van der Waals surface area contributed by atoms with Gasteiger partial charge in [-0.3, -0.25) is 0 Å². The van der Waals surface area contributed by atoms with Crippen LogP contribution in [-0.2, 0) is 0 Å². The van der Waals surface area contributed by atoms with E-state index in [4.69, 9.17) is 0 Å². The van der Waals surface area contributed by atoms with Gasteiger partial charge in [-0.15, -0.1) is 11.3 Å². The first-order chi connectivity index (χ1) is 9.53. The molecule has 1 atom stereocenters. The van der Waals surface area contributed by atoms with E-state index in [1.54, 1.807) is 24.1 Å². The molecule has 4 fully saturated rings. The Morgan fingerprint density at radius 2 is 1.70 bits per heavy atom. The molecule has 0 N–H and O–H groups in total. The predicted molar refractivity (Wildman–Crippen MR) is 90.7 cm³/mol. The Bertz CT molecular complexity index is 480. The van der Waals surface area contributed by atoms with Gasteiger partial charge in [0.15, 0.2) is 0 Å².